The predicted molar refractivity (Wildman–Crippen MR) is 51.9 cm³/mol. The summed E-state index contributed by atoms with van der Waals surface area (Å²) in [6, 6.07) is 4.10. The minimum Gasteiger partial charge on any atom is -0.460 e. The quantitative estimate of drug-likeness (QED) is 0.856. The Hall–Kier alpha value is -1.75. The lowest BCUT2D eigenvalue weighted by Crippen LogP contribution is -1.93. The maximum absolute atomic E-state index is 13.3. The molecule has 0 fully saturated rings. The topological polar surface area (TPSA) is 39.2 Å². The van der Waals surface area contributed by atoms with Gasteiger partial charge in [-0.3, -0.25) is 0 Å². The van der Waals surface area contributed by atoms with Gasteiger partial charge in [0.05, 0.1) is 12.1 Å². The van der Waals surface area contributed by atoms with Crippen LogP contribution in [0.2, 0.25) is 0 Å². The zero-order chi connectivity index (χ0) is 11.7. The van der Waals surface area contributed by atoms with Crippen molar-refractivity contribution in [1.82, 2.24) is 0 Å². The van der Waals surface area contributed by atoms with Gasteiger partial charge in [-0.15, -0.1) is 0 Å². The number of benzene rings is 1. The third kappa shape index (κ3) is 1.81. The Morgan fingerprint density at radius 3 is 2.19 bits per heavy atom. The molecule has 0 aliphatic rings. The van der Waals surface area contributed by atoms with E-state index >= 15 is 0 Å². The Labute approximate surface area is 89.5 Å². The highest BCUT2D eigenvalue weighted by Gasteiger charge is 2.16. The average molecular weight is 227 g/mol. The van der Waals surface area contributed by atoms with Gasteiger partial charge in [0.15, 0.2) is 0 Å². The smallest absolute Gasteiger partial charge is 0.140 e. The van der Waals surface area contributed by atoms with Crippen LogP contribution in [0.25, 0.3) is 11.3 Å². The first-order chi connectivity index (χ1) is 7.61. The molecule has 16 heavy (non-hydrogen) atoms. The van der Waals surface area contributed by atoms with Gasteiger partial charge in [-0.25, -0.2) is 13.2 Å². The Kier molecular flexibility index (Phi) is 2.70. The molecule has 0 aliphatic carbocycles. The third-order valence-corrected chi connectivity index (χ3v) is 2.12. The SMILES string of the molecule is NCc1ccc(-c2c(F)cc(F)cc2F)o1. The van der Waals surface area contributed by atoms with Crippen LogP contribution in [0.5, 0.6) is 0 Å². The largest absolute Gasteiger partial charge is 0.460 e. The average Bonchev–Trinajstić information content (AvgIpc) is 2.64. The number of hydrogen-bond acceptors (Lipinski definition) is 2. The molecular weight excluding hydrogens is 219 g/mol. The van der Waals surface area contributed by atoms with Crippen molar-refractivity contribution < 1.29 is 17.6 Å². The van der Waals surface area contributed by atoms with Crippen molar-refractivity contribution in [2.45, 2.75) is 6.54 Å². The van der Waals surface area contributed by atoms with Crippen molar-refractivity contribution in [3.05, 3.63) is 47.5 Å². The summed E-state index contributed by atoms with van der Waals surface area (Å²) in [7, 11) is 0. The van der Waals surface area contributed by atoms with Crippen LogP contribution in [0.4, 0.5) is 13.2 Å². The molecule has 0 amide bonds. The molecule has 0 saturated heterocycles. The lowest BCUT2D eigenvalue weighted by Gasteiger charge is -2.01. The van der Waals surface area contributed by atoms with Gasteiger partial charge in [0.1, 0.15) is 29.0 Å². The zero-order valence-electron chi connectivity index (χ0n) is 8.14. The minimum atomic E-state index is -1.00. The zero-order valence-corrected chi connectivity index (χ0v) is 8.14. The maximum atomic E-state index is 13.3. The molecule has 84 valence electrons. The van der Waals surface area contributed by atoms with Crippen LogP contribution in [0.3, 0.4) is 0 Å². The molecule has 1 aromatic carbocycles. The summed E-state index contributed by atoms with van der Waals surface area (Å²) in [5.74, 6) is -2.58. The summed E-state index contributed by atoms with van der Waals surface area (Å²) < 4.78 is 44.4. The number of furan rings is 1. The van der Waals surface area contributed by atoms with E-state index in [9.17, 15) is 13.2 Å². The lowest BCUT2D eigenvalue weighted by atomic mass is 10.1. The van der Waals surface area contributed by atoms with E-state index < -0.39 is 17.5 Å². The molecule has 0 atom stereocenters. The van der Waals surface area contributed by atoms with Crippen molar-refractivity contribution in [2.24, 2.45) is 5.73 Å². The van der Waals surface area contributed by atoms with E-state index in [-0.39, 0.29) is 17.9 Å². The van der Waals surface area contributed by atoms with E-state index in [1.165, 1.54) is 12.1 Å². The Bertz CT molecular complexity index is 499. The highest BCUT2D eigenvalue weighted by molar-refractivity contribution is 5.59. The molecule has 0 saturated carbocycles. The van der Waals surface area contributed by atoms with E-state index in [0.29, 0.717) is 17.9 Å². The molecule has 0 bridgehead atoms. The molecule has 0 aliphatic heterocycles. The van der Waals surface area contributed by atoms with Crippen LogP contribution in [-0.4, -0.2) is 0 Å². The third-order valence-electron chi connectivity index (χ3n) is 2.12. The van der Waals surface area contributed by atoms with Crippen LogP contribution < -0.4 is 5.73 Å². The van der Waals surface area contributed by atoms with Gasteiger partial charge in [0.2, 0.25) is 0 Å². The van der Waals surface area contributed by atoms with Crippen LogP contribution in [0.1, 0.15) is 5.76 Å². The van der Waals surface area contributed by atoms with Crippen molar-refractivity contribution in [1.29, 1.82) is 0 Å². The molecule has 2 aromatic rings. The second-order valence-electron chi connectivity index (χ2n) is 3.21. The fourth-order valence-electron chi connectivity index (χ4n) is 1.40. The van der Waals surface area contributed by atoms with Gasteiger partial charge in [-0.2, -0.15) is 0 Å². The van der Waals surface area contributed by atoms with Gasteiger partial charge in [-0.1, -0.05) is 0 Å². The molecule has 0 unspecified atom stereocenters. The standard InChI is InChI=1S/C11H8F3NO/c12-6-3-8(13)11(9(14)4-6)10-2-1-7(5-15)16-10/h1-4H,5,15H2. The highest BCUT2D eigenvalue weighted by atomic mass is 19.1. The van der Waals surface area contributed by atoms with E-state index in [2.05, 4.69) is 0 Å². The summed E-state index contributed by atoms with van der Waals surface area (Å²) in [5.41, 5.74) is 4.91. The van der Waals surface area contributed by atoms with E-state index in [4.69, 9.17) is 10.2 Å². The second kappa shape index (κ2) is 4.02. The summed E-state index contributed by atoms with van der Waals surface area (Å²) in [6.45, 7) is 0.129. The number of hydrogen-bond donors (Lipinski definition) is 1. The lowest BCUT2D eigenvalue weighted by molar-refractivity contribution is 0.504. The van der Waals surface area contributed by atoms with Crippen molar-refractivity contribution >= 4 is 0 Å². The summed E-state index contributed by atoms with van der Waals surface area (Å²) in [4.78, 5) is 0. The van der Waals surface area contributed by atoms with E-state index in [0.717, 1.165) is 0 Å². The Balaban J connectivity index is 2.55. The van der Waals surface area contributed by atoms with E-state index in [1.54, 1.807) is 0 Å². The molecule has 0 spiro atoms. The van der Waals surface area contributed by atoms with Gasteiger partial charge in [-0.05, 0) is 12.1 Å². The van der Waals surface area contributed by atoms with Crippen molar-refractivity contribution in [3.63, 3.8) is 0 Å². The first-order valence-electron chi connectivity index (χ1n) is 4.55. The minimum absolute atomic E-state index is 0.00421. The van der Waals surface area contributed by atoms with Gasteiger partial charge >= 0.3 is 0 Å². The second-order valence-corrected chi connectivity index (χ2v) is 3.21. The monoisotopic (exact) mass is 227 g/mol. The molecule has 5 heteroatoms. The summed E-state index contributed by atoms with van der Waals surface area (Å²) in [6.07, 6.45) is 0. The van der Waals surface area contributed by atoms with Crippen LogP contribution >= 0.6 is 0 Å². The van der Waals surface area contributed by atoms with Crippen LogP contribution in [0, 0.1) is 17.5 Å². The molecule has 1 heterocycles. The fraction of sp³-hybridized carbons (Fsp3) is 0.0909. The van der Waals surface area contributed by atoms with Gasteiger partial charge in [0, 0.05) is 12.1 Å². The van der Waals surface area contributed by atoms with Gasteiger partial charge in [0.25, 0.3) is 0 Å². The van der Waals surface area contributed by atoms with Gasteiger partial charge < -0.3 is 10.2 Å². The van der Waals surface area contributed by atoms with Crippen LogP contribution in [-0.2, 0) is 6.54 Å². The Morgan fingerprint density at radius 2 is 1.69 bits per heavy atom. The highest BCUT2D eigenvalue weighted by Crippen LogP contribution is 2.28. The number of nitrogens with two attached hydrogens (primary N) is 1. The first-order valence-corrected chi connectivity index (χ1v) is 4.55. The predicted octanol–water partition coefficient (Wildman–Crippen LogP) is 2.82. The molecule has 0 radical (unpaired) electrons. The van der Waals surface area contributed by atoms with Crippen LogP contribution in [0.15, 0.2) is 28.7 Å². The number of rotatable bonds is 2. The normalized spacial score (nSPS) is 10.8. The molecule has 1 aromatic heterocycles. The van der Waals surface area contributed by atoms with E-state index in [1.807, 2.05) is 0 Å². The molecule has 2 N–H and O–H groups in total. The molecule has 2 rings (SSSR count). The summed E-state index contributed by atoms with van der Waals surface area (Å²) >= 11 is 0. The van der Waals surface area contributed by atoms with Crippen molar-refractivity contribution in [2.75, 3.05) is 0 Å². The molecule has 2 nitrogen and oxygen atoms in total. The Morgan fingerprint density at radius 1 is 1.06 bits per heavy atom. The maximum Gasteiger partial charge on any atom is 0.140 e. The fourth-order valence-corrected chi connectivity index (χ4v) is 1.40. The summed E-state index contributed by atoms with van der Waals surface area (Å²) in [5, 5.41) is 0. The number of halogens is 3. The van der Waals surface area contributed by atoms with Crippen molar-refractivity contribution in [3.8, 4) is 11.3 Å². The molecular formula is C11H8F3NO. The first kappa shape index (κ1) is 10.8.